The Morgan fingerprint density at radius 2 is 1.85 bits per heavy atom. The summed E-state index contributed by atoms with van der Waals surface area (Å²) < 4.78 is 11.6. The van der Waals surface area contributed by atoms with E-state index in [9.17, 15) is 0 Å². The summed E-state index contributed by atoms with van der Waals surface area (Å²) in [5, 5.41) is 3.59. The lowest BCUT2D eigenvalue weighted by Gasteiger charge is -2.25. The van der Waals surface area contributed by atoms with Crippen LogP contribution in [-0.4, -0.2) is 32.4 Å². The molecule has 1 aliphatic heterocycles. The molecule has 3 rings (SSSR count). The van der Waals surface area contributed by atoms with Crippen molar-refractivity contribution in [2.75, 3.05) is 26.4 Å². The normalized spacial score (nSPS) is 21.8. The molecular formula is C17H25NO2. The minimum Gasteiger partial charge on any atom is -0.381 e. The largest absolute Gasteiger partial charge is 0.381 e. The molecule has 110 valence electrons. The summed E-state index contributed by atoms with van der Waals surface area (Å²) in [6.45, 7) is 3.57. The highest BCUT2D eigenvalue weighted by atomic mass is 16.5. The van der Waals surface area contributed by atoms with Crippen LogP contribution in [0.15, 0.2) is 30.3 Å². The number of benzene rings is 1. The summed E-state index contributed by atoms with van der Waals surface area (Å²) in [6.07, 6.45) is 5.09. The summed E-state index contributed by atoms with van der Waals surface area (Å²) in [5.74, 6) is 0.663. The fourth-order valence-electron chi connectivity index (χ4n) is 2.67. The third kappa shape index (κ3) is 4.30. The van der Waals surface area contributed by atoms with E-state index in [-0.39, 0.29) is 6.10 Å². The Kier molecular flexibility index (Phi) is 5.06. The number of hydrogen-bond donors (Lipinski definition) is 1. The molecule has 1 N–H and O–H groups in total. The molecule has 1 aliphatic carbocycles. The van der Waals surface area contributed by atoms with Gasteiger partial charge in [0.15, 0.2) is 0 Å². The maximum absolute atomic E-state index is 6.23. The van der Waals surface area contributed by atoms with Gasteiger partial charge in [-0.15, -0.1) is 0 Å². The first-order valence-electron chi connectivity index (χ1n) is 7.89. The van der Waals surface area contributed by atoms with Gasteiger partial charge in [-0.3, -0.25) is 0 Å². The molecular weight excluding hydrogens is 250 g/mol. The van der Waals surface area contributed by atoms with Gasteiger partial charge in [0.05, 0.1) is 12.7 Å². The lowest BCUT2D eigenvalue weighted by molar-refractivity contribution is -0.0115. The van der Waals surface area contributed by atoms with Gasteiger partial charge < -0.3 is 14.8 Å². The molecule has 1 saturated heterocycles. The number of hydrogen-bond acceptors (Lipinski definition) is 3. The molecule has 1 aromatic rings. The van der Waals surface area contributed by atoms with Crippen LogP contribution in [0.5, 0.6) is 0 Å². The Hall–Kier alpha value is -0.900. The first kappa shape index (κ1) is 14.1. The lowest BCUT2D eigenvalue weighted by atomic mass is 10.0. The molecule has 0 amide bonds. The van der Waals surface area contributed by atoms with E-state index in [1.165, 1.54) is 18.4 Å². The molecule has 1 atom stereocenters. The first-order chi connectivity index (χ1) is 9.92. The van der Waals surface area contributed by atoms with Gasteiger partial charge in [0.2, 0.25) is 0 Å². The third-order valence-electron chi connectivity index (χ3n) is 4.21. The summed E-state index contributed by atoms with van der Waals surface area (Å²) in [4.78, 5) is 0. The van der Waals surface area contributed by atoms with E-state index in [0.717, 1.165) is 45.2 Å². The maximum atomic E-state index is 6.23. The van der Waals surface area contributed by atoms with Gasteiger partial charge >= 0.3 is 0 Å². The Morgan fingerprint density at radius 1 is 1.10 bits per heavy atom. The SMILES string of the molecule is c1ccc(C(CNC2CC2)OCC2CCOCC2)cc1. The molecule has 2 fully saturated rings. The van der Waals surface area contributed by atoms with Crippen LogP contribution in [0.2, 0.25) is 0 Å². The Morgan fingerprint density at radius 3 is 2.55 bits per heavy atom. The van der Waals surface area contributed by atoms with E-state index in [2.05, 4.69) is 35.6 Å². The number of rotatable bonds is 7. The van der Waals surface area contributed by atoms with Crippen LogP contribution < -0.4 is 5.32 Å². The fraction of sp³-hybridized carbons (Fsp3) is 0.647. The summed E-state index contributed by atoms with van der Waals surface area (Å²) in [5.41, 5.74) is 1.28. The second-order valence-corrected chi connectivity index (χ2v) is 5.97. The fourth-order valence-corrected chi connectivity index (χ4v) is 2.67. The molecule has 1 aromatic carbocycles. The zero-order chi connectivity index (χ0) is 13.6. The average molecular weight is 275 g/mol. The minimum atomic E-state index is 0.180. The number of nitrogens with one attached hydrogen (secondary N) is 1. The van der Waals surface area contributed by atoms with Crippen molar-refractivity contribution in [3.63, 3.8) is 0 Å². The Balaban J connectivity index is 1.53. The van der Waals surface area contributed by atoms with E-state index in [1.807, 2.05) is 0 Å². The van der Waals surface area contributed by atoms with E-state index >= 15 is 0 Å². The van der Waals surface area contributed by atoms with E-state index in [1.54, 1.807) is 0 Å². The Labute approximate surface area is 121 Å². The molecule has 2 aliphatic rings. The molecule has 0 bridgehead atoms. The smallest absolute Gasteiger partial charge is 0.0949 e. The summed E-state index contributed by atoms with van der Waals surface area (Å²) in [6, 6.07) is 11.3. The summed E-state index contributed by atoms with van der Waals surface area (Å²) in [7, 11) is 0. The van der Waals surface area contributed by atoms with Crippen LogP contribution in [-0.2, 0) is 9.47 Å². The van der Waals surface area contributed by atoms with Crippen LogP contribution in [0.1, 0.15) is 37.4 Å². The molecule has 3 nitrogen and oxygen atoms in total. The highest BCUT2D eigenvalue weighted by Gasteiger charge is 2.23. The van der Waals surface area contributed by atoms with Gasteiger partial charge in [0, 0.05) is 25.8 Å². The van der Waals surface area contributed by atoms with E-state index < -0.39 is 0 Å². The minimum absolute atomic E-state index is 0.180. The van der Waals surface area contributed by atoms with Crippen LogP contribution in [0, 0.1) is 5.92 Å². The monoisotopic (exact) mass is 275 g/mol. The van der Waals surface area contributed by atoms with E-state index in [4.69, 9.17) is 9.47 Å². The van der Waals surface area contributed by atoms with Crippen molar-refractivity contribution in [1.82, 2.24) is 5.32 Å². The van der Waals surface area contributed by atoms with Crippen LogP contribution in [0.4, 0.5) is 0 Å². The van der Waals surface area contributed by atoms with Crippen molar-refractivity contribution in [3.8, 4) is 0 Å². The highest BCUT2D eigenvalue weighted by Crippen LogP contribution is 2.24. The van der Waals surface area contributed by atoms with Crippen LogP contribution >= 0.6 is 0 Å². The molecule has 20 heavy (non-hydrogen) atoms. The average Bonchev–Trinajstić information content (AvgIpc) is 3.33. The molecule has 1 heterocycles. The quantitative estimate of drug-likeness (QED) is 0.830. The second kappa shape index (κ2) is 7.21. The van der Waals surface area contributed by atoms with Crippen LogP contribution in [0.3, 0.4) is 0 Å². The first-order valence-corrected chi connectivity index (χ1v) is 7.89. The molecule has 1 unspecified atom stereocenters. The Bertz CT molecular complexity index is 385. The zero-order valence-corrected chi connectivity index (χ0v) is 12.1. The maximum Gasteiger partial charge on any atom is 0.0949 e. The zero-order valence-electron chi connectivity index (χ0n) is 12.1. The van der Waals surface area contributed by atoms with E-state index in [0.29, 0.717) is 5.92 Å². The van der Waals surface area contributed by atoms with Gasteiger partial charge in [-0.2, -0.15) is 0 Å². The topological polar surface area (TPSA) is 30.5 Å². The second-order valence-electron chi connectivity index (χ2n) is 5.97. The van der Waals surface area contributed by atoms with Gasteiger partial charge in [-0.05, 0) is 37.2 Å². The highest BCUT2D eigenvalue weighted by molar-refractivity contribution is 5.18. The van der Waals surface area contributed by atoms with Gasteiger partial charge in [0.25, 0.3) is 0 Å². The number of ether oxygens (including phenoxy) is 2. The standard InChI is InChI=1S/C17H25NO2/c1-2-4-15(5-3-1)17(12-18-16-6-7-16)20-13-14-8-10-19-11-9-14/h1-5,14,16-18H,6-13H2. The molecule has 0 spiro atoms. The predicted molar refractivity (Wildman–Crippen MR) is 79.7 cm³/mol. The van der Waals surface area contributed by atoms with Crippen molar-refractivity contribution in [1.29, 1.82) is 0 Å². The van der Waals surface area contributed by atoms with Crippen molar-refractivity contribution in [2.24, 2.45) is 5.92 Å². The van der Waals surface area contributed by atoms with Crippen molar-refractivity contribution in [3.05, 3.63) is 35.9 Å². The molecule has 1 saturated carbocycles. The summed E-state index contributed by atoms with van der Waals surface area (Å²) >= 11 is 0. The third-order valence-corrected chi connectivity index (χ3v) is 4.21. The lowest BCUT2D eigenvalue weighted by Crippen LogP contribution is -2.28. The molecule has 0 aromatic heterocycles. The van der Waals surface area contributed by atoms with Gasteiger partial charge in [0.1, 0.15) is 0 Å². The predicted octanol–water partition coefficient (Wildman–Crippen LogP) is 2.92. The van der Waals surface area contributed by atoms with Crippen molar-refractivity contribution >= 4 is 0 Å². The molecule has 3 heteroatoms. The van der Waals surface area contributed by atoms with Crippen molar-refractivity contribution in [2.45, 2.75) is 37.8 Å². The van der Waals surface area contributed by atoms with Gasteiger partial charge in [-0.25, -0.2) is 0 Å². The molecule has 0 radical (unpaired) electrons. The van der Waals surface area contributed by atoms with Crippen LogP contribution in [0.25, 0.3) is 0 Å². The van der Waals surface area contributed by atoms with Crippen molar-refractivity contribution < 1.29 is 9.47 Å². The van der Waals surface area contributed by atoms with Gasteiger partial charge in [-0.1, -0.05) is 30.3 Å².